The summed E-state index contributed by atoms with van der Waals surface area (Å²) in [5.74, 6) is -0.688. The summed E-state index contributed by atoms with van der Waals surface area (Å²) in [6.45, 7) is 5.71. The van der Waals surface area contributed by atoms with Crippen LogP contribution in [0.5, 0.6) is 0 Å². The topological polar surface area (TPSA) is 53.3 Å². The van der Waals surface area contributed by atoms with Crippen molar-refractivity contribution in [2.24, 2.45) is 5.92 Å². The molecule has 6 heteroatoms. The van der Waals surface area contributed by atoms with Gasteiger partial charge >= 0.3 is 6.09 Å². The van der Waals surface area contributed by atoms with Gasteiger partial charge in [0.05, 0.1) is 17.5 Å². The molecule has 25 heavy (non-hydrogen) atoms. The minimum absolute atomic E-state index is 0.0604. The number of hydrogen-bond acceptors (Lipinski definition) is 3. The molecule has 1 aliphatic heterocycles. The van der Waals surface area contributed by atoms with Gasteiger partial charge in [0.25, 0.3) is 6.43 Å². The number of nitriles is 1. The molecule has 134 valence electrons. The lowest BCUT2D eigenvalue weighted by molar-refractivity contribution is 0.0190. The summed E-state index contributed by atoms with van der Waals surface area (Å²) in [5, 5.41) is 9.71. The second kappa shape index (κ2) is 5.98. The molecule has 2 atom stereocenters. The molecule has 2 aliphatic rings. The monoisotopic (exact) mass is 348 g/mol. The van der Waals surface area contributed by atoms with Gasteiger partial charge in [-0.05, 0) is 45.2 Å². The number of hydrogen-bond donors (Lipinski definition) is 0. The number of benzene rings is 1. The van der Waals surface area contributed by atoms with Crippen molar-refractivity contribution in [2.75, 3.05) is 6.54 Å². The van der Waals surface area contributed by atoms with Crippen LogP contribution in [0, 0.1) is 17.2 Å². The summed E-state index contributed by atoms with van der Waals surface area (Å²) < 4.78 is 31.5. The maximum absolute atomic E-state index is 13.0. The average Bonchev–Trinajstić information content (AvgIpc) is 3.22. The van der Waals surface area contributed by atoms with Crippen molar-refractivity contribution >= 4 is 6.09 Å². The molecule has 1 spiro atoms. The van der Waals surface area contributed by atoms with Gasteiger partial charge in [0.1, 0.15) is 5.60 Å². The van der Waals surface area contributed by atoms with Crippen LogP contribution in [0.15, 0.2) is 24.3 Å². The van der Waals surface area contributed by atoms with Crippen molar-refractivity contribution in [3.63, 3.8) is 0 Å². The van der Waals surface area contributed by atoms with Crippen LogP contribution in [0.3, 0.4) is 0 Å². The van der Waals surface area contributed by atoms with Gasteiger partial charge in [0.2, 0.25) is 0 Å². The van der Waals surface area contributed by atoms with E-state index in [2.05, 4.69) is 6.07 Å². The zero-order chi connectivity index (χ0) is 18.4. The Morgan fingerprint density at radius 2 is 2.08 bits per heavy atom. The smallest absolute Gasteiger partial charge is 0.410 e. The first-order chi connectivity index (χ1) is 11.7. The van der Waals surface area contributed by atoms with E-state index >= 15 is 0 Å². The van der Waals surface area contributed by atoms with Crippen LogP contribution in [-0.2, 0) is 4.74 Å². The third-order valence-corrected chi connectivity index (χ3v) is 5.00. The van der Waals surface area contributed by atoms with E-state index in [-0.39, 0.29) is 11.5 Å². The van der Waals surface area contributed by atoms with Gasteiger partial charge in [0, 0.05) is 18.0 Å². The SMILES string of the molecule is CC(C)(C)OC(=O)N1C[C@@H](c2cccc(C(F)F)c2)[C@H](C#N)C12CC2. The van der Waals surface area contributed by atoms with E-state index in [0.717, 1.165) is 12.8 Å². The number of halogens is 2. The van der Waals surface area contributed by atoms with Gasteiger partial charge in [0.15, 0.2) is 0 Å². The molecule has 4 nitrogen and oxygen atoms in total. The lowest BCUT2D eigenvalue weighted by atomic mass is 9.84. The lowest BCUT2D eigenvalue weighted by Gasteiger charge is -2.29. The molecule has 1 saturated heterocycles. The first-order valence-electron chi connectivity index (χ1n) is 8.46. The van der Waals surface area contributed by atoms with Crippen molar-refractivity contribution in [2.45, 2.75) is 57.1 Å². The molecule has 1 aromatic carbocycles. The summed E-state index contributed by atoms with van der Waals surface area (Å²) in [7, 11) is 0. The molecule has 1 aromatic rings. The molecule has 1 amide bonds. The van der Waals surface area contributed by atoms with Crippen LogP contribution in [-0.4, -0.2) is 28.7 Å². The van der Waals surface area contributed by atoms with Crippen LogP contribution < -0.4 is 0 Å². The average molecular weight is 348 g/mol. The number of likely N-dealkylation sites (tertiary alicyclic amines) is 1. The number of carbonyl (C=O) groups is 1. The highest BCUT2D eigenvalue weighted by molar-refractivity contribution is 5.71. The van der Waals surface area contributed by atoms with E-state index in [1.54, 1.807) is 37.8 Å². The first-order valence-corrected chi connectivity index (χ1v) is 8.46. The number of amides is 1. The molecule has 0 aromatic heterocycles. The Morgan fingerprint density at radius 3 is 2.60 bits per heavy atom. The first kappa shape index (κ1) is 17.7. The van der Waals surface area contributed by atoms with Crippen molar-refractivity contribution in [3.05, 3.63) is 35.4 Å². The molecule has 1 saturated carbocycles. The van der Waals surface area contributed by atoms with Gasteiger partial charge in [-0.25, -0.2) is 13.6 Å². The Hall–Kier alpha value is -2.16. The van der Waals surface area contributed by atoms with Gasteiger partial charge in [-0.15, -0.1) is 0 Å². The van der Waals surface area contributed by atoms with Crippen molar-refractivity contribution < 1.29 is 18.3 Å². The fourth-order valence-electron chi connectivity index (χ4n) is 3.74. The number of nitrogens with zero attached hydrogens (tertiary/aromatic N) is 2. The maximum Gasteiger partial charge on any atom is 0.410 e. The second-order valence-electron chi connectivity index (χ2n) is 7.88. The Morgan fingerprint density at radius 1 is 1.40 bits per heavy atom. The van der Waals surface area contributed by atoms with Gasteiger partial charge in [-0.3, -0.25) is 0 Å². The molecule has 0 bridgehead atoms. The highest BCUT2D eigenvalue weighted by Crippen LogP contribution is 2.58. The fourth-order valence-corrected chi connectivity index (χ4v) is 3.74. The zero-order valence-corrected chi connectivity index (χ0v) is 14.6. The lowest BCUT2D eigenvalue weighted by Crippen LogP contribution is -2.42. The van der Waals surface area contributed by atoms with Crippen molar-refractivity contribution in [1.29, 1.82) is 5.26 Å². The van der Waals surface area contributed by atoms with Crippen LogP contribution in [0.25, 0.3) is 0 Å². The Balaban J connectivity index is 1.91. The molecule has 1 heterocycles. The molecular formula is C19H22F2N2O2. The number of rotatable bonds is 2. The van der Waals surface area contributed by atoms with E-state index in [0.29, 0.717) is 12.1 Å². The normalized spacial score (nSPS) is 24.4. The second-order valence-corrected chi connectivity index (χ2v) is 7.88. The molecule has 3 rings (SSSR count). The van der Waals surface area contributed by atoms with Crippen LogP contribution in [0.1, 0.15) is 57.1 Å². The molecule has 1 aliphatic carbocycles. The van der Waals surface area contributed by atoms with Crippen molar-refractivity contribution in [1.82, 2.24) is 4.90 Å². The van der Waals surface area contributed by atoms with E-state index in [4.69, 9.17) is 4.74 Å². The standard InChI is InChI=1S/C19H22F2N2O2/c1-18(2,3)25-17(24)23-11-14(15(10-22)19(23)7-8-19)12-5-4-6-13(9-12)16(20)21/h4-6,9,14-16H,7-8,11H2,1-3H3/t14-,15-/m0/s1. The van der Waals surface area contributed by atoms with E-state index in [1.807, 2.05) is 0 Å². The predicted octanol–water partition coefficient (Wildman–Crippen LogP) is 4.63. The summed E-state index contributed by atoms with van der Waals surface area (Å²) in [5.41, 5.74) is -0.512. The Bertz CT molecular complexity index is 717. The molecule has 0 N–H and O–H groups in total. The van der Waals surface area contributed by atoms with Crippen LogP contribution in [0.2, 0.25) is 0 Å². The highest BCUT2D eigenvalue weighted by Gasteiger charge is 2.64. The minimum Gasteiger partial charge on any atom is -0.444 e. The molecule has 2 fully saturated rings. The van der Waals surface area contributed by atoms with E-state index in [1.165, 1.54) is 12.1 Å². The Kier molecular flexibility index (Phi) is 4.22. The quantitative estimate of drug-likeness (QED) is 0.783. The Labute approximate surface area is 146 Å². The number of alkyl halides is 2. The minimum atomic E-state index is -2.56. The highest BCUT2D eigenvalue weighted by atomic mass is 19.3. The molecule has 0 unspecified atom stereocenters. The summed E-state index contributed by atoms with van der Waals surface area (Å²) in [6.07, 6.45) is -1.50. The van der Waals surface area contributed by atoms with Gasteiger partial charge < -0.3 is 9.64 Å². The van der Waals surface area contributed by atoms with Gasteiger partial charge in [-0.2, -0.15) is 5.26 Å². The predicted molar refractivity (Wildman–Crippen MR) is 88.1 cm³/mol. The number of ether oxygens (including phenoxy) is 1. The van der Waals surface area contributed by atoms with Crippen LogP contribution >= 0.6 is 0 Å². The fraction of sp³-hybridized carbons (Fsp3) is 0.579. The maximum atomic E-state index is 13.0. The largest absolute Gasteiger partial charge is 0.444 e. The molecular weight excluding hydrogens is 326 g/mol. The van der Waals surface area contributed by atoms with E-state index in [9.17, 15) is 18.8 Å². The summed E-state index contributed by atoms with van der Waals surface area (Å²) in [6, 6.07) is 8.50. The van der Waals surface area contributed by atoms with E-state index < -0.39 is 29.6 Å². The third-order valence-electron chi connectivity index (χ3n) is 5.00. The zero-order valence-electron chi connectivity index (χ0n) is 14.6. The van der Waals surface area contributed by atoms with Gasteiger partial charge in [-0.1, -0.05) is 18.2 Å². The molecule has 0 radical (unpaired) electrons. The van der Waals surface area contributed by atoms with Crippen molar-refractivity contribution in [3.8, 4) is 6.07 Å². The number of carbonyl (C=O) groups excluding carboxylic acids is 1. The van der Waals surface area contributed by atoms with Crippen LogP contribution in [0.4, 0.5) is 13.6 Å². The summed E-state index contributed by atoms with van der Waals surface area (Å²) >= 11 is 0. The third kappa shape index (κ3) is 3.20. The summed E-state index contributed by atoms with van der Waals surface area (Å²) in [4.78, 5) is 14.2.